The SMILES string of the molecule is CSCCCN1CCC(CCl)CC1. The molecule has 0 bridgehead atoms. The molecule has 3 heteroatoms. The van der Waals surface area contributed by atoms with Gasteiger partial charge in [-0.1, -0.05) is 0 Å². The molecular weight excluding hydrogens is 202 g/mol. The molecule has 0 atom stereocenters. The van der Waals surface area contributed by atoms with Crippen LogP contribution < -0.4 is 0 Å². The third-order valence-corrected chi connectivity index (χ3v) is 3.88. The molecule has 1 fully saturated rings. The predicted octanol–water partition coefficient (Wildman–Crippen LogP) is 2.69. The van der Waals surface area contributed by atoms with Crippen LogP contribution in [-0.4, -0.2) is 42.4 Å². The van der Waals surface area contributed by atoms with Crippen LogP contribution in [0.5, 0.6) is 0 Å². The Bertz CT molecular complexity index is 121. The molecular formula is C10H20ClNS. The van der Waals surface area contributed by atoms with Crippen LogP contribution in [0.4, 0.5) is 0 Å². The van der Waals surface area contributed by atoms with Gasteiger partial charge in [-0.05, 0) is 56.8 Å². The molecule has 0 spiro atoms. The quantitative estimate of drug-likeness (QED) is 0.519. The molecule has 1 heterocycles. The molecule has 1 nitrogen and oxygen atoms in total. The van der Waals surface area contributed by atoms with Crippen LogP contribution >= 0.6 is 23.4 Å². The third kappa shape index (κ3) is 4.57. The van der Waals surface area contributed by atoms with E-state index in [-0.39, 0.29) is 0 Å². The monoisotopic (exact) mass is 221 g/mol. The Balaban J connectivity index is 2.03. The van der Waals surface area contributed by atoms with Crippen molar-refractivity contribution in [2.45, 2.75) is 19.3 Å². The highest BCUT2D eigenvalue weighted by atomic mass is 35.5. The van der Waals surface area contributed by atoms with Crippen molar-refractivity contribution in [2.24, 2.45) is 5.92 Å². The zero-order chi connectivity index (χ0) is 9.52. The summed E-state index contributed by atoms with van der Waals surface area (Å²) in [6.07, 6.45) is 6.14. The summed E-state index contributed by atoms with van der Waals surface area (Å²) in [6.45, 7) is 3.83. The molecule has 0 unspecified atom stereocenters. The van der Waals surface area contributed by atoms with E-state index >= 15 is 0 Å². The lowest BCUT2D eigenvalue weighted by Gasteiger charge is -2.30. The van der Waals surface area contributed by atoms with Crippen LogP contribution in [0.3, 0.4) is 0 Å². The van der Waals surface area contributed by atoms with Gasteiger partial charge in [-0.15, -0.1) is 11.6 Å². The van der Waals surface area contributed by atoms with E-state index in [4.69, 9.17) is 11.6 Å². The molecule has 0 aromatic rings. The van der Waals surface area contributed by atoms with E-state index < -0.39 is 0 Å². The van der Waals surface area contributed by atoms with E-state index in [1.165, 1.54) is 44.6 Å². The predicted molar refractivity (Wildman–Crippen MR) is 62.9 cm³/mol. The van der Waals surface area contributed by atoms with Crippen LogP contribution in [0, 0.1) is 5.92 Å². The summed E-state index contributed by atoms with van der Waals surface area (Å²) in [6, 6.07) is 0. The Kier molecular flexibility index (Phi) is 6.26. The number of piperidine rings is 1. The molecule has 0 radical (unpaired) electrons. The summed E-state index contributed by atoms with van der Waals surface area (Å²) in [7, 11) is 0. The van der Waals surface area contributed by atoms with Crippen molar-refractivity contribution >= 4 is 23.4 Å². The first-order valence-electron chi connectivity index (χ1n) is 5.14. The maximum Gasteiger partial charge on any atom is 0.0252 e. The number of halogens is 1. The Morgan fingerprint density at radius 3 is 2.62 bits per heavy atom. The molecule has 0 aromatic heterocycles. The van der Waals surface area contributed by atoms with Crippen molar-refractivity contribution in [1.29, 1.82) is 0 Å². The van der Waals surface area contributed by atoms with Crippen LogP contribution in [0.2, 0.25) is 0 Å². The lowest BCUT2D eigenvalue weighted by molar-refractivity contribution is 0.195. The first kappa shape index (κ1) is 11.7. The minimum absolute atomic E-state index is 0.790. The smallest absolute Gasteiger partial charge is 0.0252 e. The van der Waals surface area contributed by atoms with E-state index in [1.807, 2.05) is 11.8 Å². The van der Waals surface area contributed by atoms with Crippen molar-refractivity contribution in [2.75, 3.05) is 37.5 Å². The van der Waals surface area contributed by atoms with E-state index in [0.29, 0.717) is 0 Å². The number of thioether (sulfide) groups is 1. The molecule has 1 saturated heterocycles. The number of alkyl halides is 1. The number of hydrogen-bond donors (Lipinski definition) is 0. The second-order valence-corrected chi connectivity index (χ2v) is 5.08. The summed E-state index contributed by atoms with van der Waals surface area (Å²) in [5, 5.41) is 0. The summed E-state index contributed by atoms with van der Waals surface area (Å²) < 4.78 is 0. The summed E-state index contributed by atoms with van der Waals surface area (Å²) in [5.74, 6) is 2.95. The third-order valence-electron chi connectivity index (χ3n) is 2.75. The fourth-order valence-electron chi connectivity index (χ4n) is 1.80. The topological polar surface area (TPSA) is 3.24 Å². The summed E-state index contributed by atoms with van der Waals surface area (Å²) >= 11 is 7.78. The van der Waals surface area contributed by atoms with Gasteiger partial charge in [0.1, 0.15) is 0 Å². The highest BCUT2D eigenvalue weighted by Gasteiger charge is 2.17. The Labute approximate surface area is 91.2 Å². The van der Waals surface area contributed by atoms with Crippen molar-refractivity contribution in [1.82, 2.24) is 4.90 Å². The lowest BCUT2D eigenvalue weighted by atomic mass is 9.99. The van der Waals surface area contributed by atoms with E-state index in [1.54, 1.807) is 0 Å². The lowest BCUT2D eigenvalue weighted by Crippen LogP contribution is -2.35. The molecule has 0 aliphatic carbocycles. The fraction of sp³-hybridized carbons (Fsp3) is 1.00. The van der Waals surface area contributed by atoms with Crippen molar-refractivity contribution in [3.8, 4) is 0 Å². The maximum absolute atomic E-state index is 5.83. The van der Waals surface area contributed by atoms with Crippen molar-refractivity contribution in [3.63, 3.8) is 0 Å². The van der Waals surface area contributed by atoms with Gasteiger partial charge in [0, 0.05) is 5.88 Å². The Hall–Kier alpha value is 0.600. The van der Waals surface area contributed by atoms with Gasteiger partial charge in [-0.2, -0.15) is 11.8 Å². The Morgan fingerprint density at radius 2 is 2.08 bits per heavy atom. The molecule has 78 valence electrons. The number of likely N-dealkylation sites (tertiary alicyclic amines) is 1. The number of hydrogen-bond acceptors (Lipinski definition) is 2. The van der Waals surface area contributed by atoms with Crippen LogP contribution in [0.25, 0.3) is 0 Å². The first-order chi connectivity index (χ1) is 6.36. The average molecular weight is 222 g/mol. The fourth-order valence-corrected chi connectivity index (χ4v) is 2.52. The summed E-state index contributed by atoms with van der Waals surface area (Å²) in [4.78, 5) is 2.58. The van der Waals surface area contributed by atoms with Gasteiger partial charge in [0.05, 0.1) is 0 Å². The molecule has 1 aliphatic rings. The zero-order valence-corrected chi connectivity index (χ0v) is 10.0. The second-order valence-electron chi connectivity index (χ2n) is 3.79. The molecule has 1 rings (SSSR count). The minimum atomic E-state index is 0.790. The van der Waals surface area contributed by atoms with Gasteiger partial charge in [0.25, 0.3) is 0 Å². The highest BCUT2D eigenvalue weighted by Crippen LogP contribution is 2.18. The van der Waals surface area contributed by atoms with E-state index in [2.05, 4.69) is 11.2 Å². The average Bonchev–Trinajstić information content (AvgIpc) is 2.19. The van der Waals surface area contributed by atoms with Crippen molar-refractivity contribution < 1.29 is 0 Å². The van der Waals surface area contributed by atoms with Crippen molar-refractivity contribution in [3.05, 3.63) is 0 Å². The van der Waals surface area contributed by atoms with Gasteiger partial charge in [-0.25, -0.2) is 0 Å². The second kappa shape index (κ2) is 6.97. The van der Waals surface area contributed by atoms with Gasteiger partial charge in [0.15, 0.2) is 0 Å². The number of nitrogens with zero attached hydrogens (tertiary/aromatic N) is 1. The molecule has 0 amide bonds. The summed E-state index contributed by atoms with van der Waals surface area (Å²) in [5.41, 5.74) is 0. The van der Waals surface area contributed by atoms with Gasteiger partial charge in [0.2, 0.25) is 0 Å². The van der Waals surface area contributed by atoms with Crippen LogP contribution in [0.15, 0.2) is 0 Å². The highest BCUT2D eigenvalue weighted by molar-refractivity contribution is 7.98. The van der Waals surface area contributed by atoms with Gasteiger partial charge >= 0.3 is 0 Å². The molecule has 0 N–H and O–H groups in total. The Morgan fingerprint density at radius 1 is 1.38 bits per heavy atom. The van der Waals surface area contributed by atoms with Crippen LogP contribution in [0.1, 0.15) is 19.3 Å². The standard InChI is InChI=1S/C10H20ClNS/c1-13-8-2-5-12-6-3-10(9-11)4-7-12/h10H,2-9H2,1H3. The molecule has 0 saturated carbocycles. The van der Waals surface area contributed by atoms with E-state index in [9.17, 15) is 0 Å². The van der Waals surface area contributed by atoms with Gasteiger partial charge < -0.3 is 4.90 Å². The normalized spacial score (nSPS) is 20.8. The zero-order valence-electron chi connectivity index (χ0n) is 8.47. The molecule has 0 aromatic carbocycles. The largest absolute Gasteiger partial charge is 0.303 e. The first-order valence-corrected chi connectivity index (χ1v) is 7.07. The van der Waals surface area contributed by atoms with Crippen LogP contribution in [-0.2, 0) is 0 Å². The maximum atomic E-state index is 5.83. The number of rotatable bonds is 5. The molecule has 1 aliphatic heterocycles. The molecule has 13 heavy (non-hydrogen) atoms. The van der Waals surface area contributed by atoms with Gasteiger partial charge in [-0.3, -0.25) is 0 Å². The minimum Gasteiger partial charge on any atom is -0.303 e. The van der Waals surface area contributed by atoms with E-state index in [0.717, 1.165) is 11.8 Å².